The van der Waals surface area contributed by atoms with Crippen LogP contribution in [-0.2, 0) is 9.59 Å². The van der Waals surface area contributed by atoms with E-state index in [2.05, 4.69) is 0 Å². The molecule has 0 fully saturated rings. The van der Waals surface area contributed by atoms with E-state index in [1.807, 2.05) is 13.8 Å². The number of hydrogen-bond donors (Lipinski definition) is 0. The quantitative estimate of drug-likeness (QED) is 0.750. The number of carbonyl (C=O) groups excluding carboxylic acids is 2. The molecule has 0 N–H and O–H groups in total. The highest BCUT2D eigenvalue weighted by Gasteiger charge is 2.23. The van der Waals surface area contributed by atoms with E-state index in [0.717, 1.165) is 12.8 Å². The Bertz CT molecular complexity index is 509. The van der Waals surface area contributed by atoms with Crippen LogP contribution in [0.5, 0.6) is 0 Å². The van der Waals surface area contributed by atoms with E-state index in [-0.39, 0.29) is 18.4 Å². The number of amides is 2. The van der Waals surface area contributed by atoms with Crippen LogP contribution in [0.25, 0.3) is 0 Å². The van der Waals surface area contributed by atoms with Crippen LogP contribution in [0.1, 0.15) is 33.6 Å². The van der Waals surface area contributed by atoms with Crippen molar-refractivity contribution < 1.29 is 9.59 Å². The SMILES string of the molecule is CCCN(CCC)C(=O)CN(C(C)=O)c1c(Cl)cccc1Cl. The maximum absolute atomic E-state index is 12.5. The zero-order valence-electron chi connectivity index (χ0n) is 13.2. The number of anilines is 1. The summed E-state index contributed by atoms with van der Waals surface area (Å²) >= 11 is 12.3. The van der Waals surface area contributed by atoms with Crippen LogP contribution < -0.4 is 4.90 Å². The molecule has 1 rings (SSSR count). The Kier molecular flexibility index (Phi) is 7.69. The monoisotopic (exact) mass is 344 g/mol. The first-order valence-corrected chi connectivity index (χ1v) is 8.17. The number of hydrogen-bond acceptors (Lipinski definition) is 2. The topological polar surface area (TPSA) is 40.6 Å². The normalized spacial score (nSPS) is 10.4. The van der Waals surface area contributed by atoms with Gasteiger partial charge in [-0.3, -0.25) is 9.59 Å². The average molecular weight is 345 g/mol. The van der Waals surface area contributed by atoms with Gasteiger partial charge in [-0.25, -0.2) is 0 Å². The molecule has 122 valence electrons. The molecule has 0 bridgehead atoms. The van der Waals surface area contributed by atoms with Gasteiger partial charge in [0.05, 0.1) is 15.7 Å². The molecular formula is C16H22Cl2N2O2. The van der Waals surface area contributed by atoms with E-state index in [0.29, 0.717) is 28.8 Å². The minimum absolute atomic E-state index is 0.0568. The van der Waals surface area contributed by atoms with E-state index >= 15 is 0 Å². The molecule has 22 heavy (non-hydrogen) atoms. The van der Waals surface area contributed by atoms with Gasteiger partial charge in [-0.05, 0) is 25.0 Å². The zero-order valence-corrected chi connectivity index (χ0v) is 14.7. The van der Waals surface area contributed by atoms with Crippen molar-refractivity contribution in [2.24, 2.45) is 0 Å². The second-order valence-corrected chi connectivity index (χ2v) is 5.87. The fourth-order valence-corrected chi connectivity index (χ4v) is 2.83. The average Bonchev–Trinajstić information content (AvgIpc) is 2.45. The van der Waals surface area contributed by atoms with Gasteiger partial charge >= 0.3 is 0 Å². The molecule has 0 aliphatic heterocycles. The lowest BCUT2D eigenvalue weighted by molar-refractivity contribution is -0.131. The van der Waals surface area contributed by atoms with Gasteiger partial charge in [-0.15, -0.1) is 0 Å². The number of nitrogens with zero attached hydrogens (tertiary/aromatic N) is 2. The number of carbonyl (C=O) groups is 2. The van der Waals surface area contributed by atoms with Gasteiger partial charge in [0.25, 0.3) is 0 Å². The standard InChI is InChI=1S/C16H22Cl2N2O2/c1-4-9-19(10-5-2)15(22)11-20(12(3)21)16-13(17)7-6-8-14(16)18/h6-8H,4-5,9-11H2,1-3H3. The predicted molar refractivity (Wildman–Crippen MR) is 91.7 cm³/mol. The second kappa shape index (κ2) is 9.01. The molecule has 2 amide bonds. The van der Waals surface area contributed by atoms with Gasteiger partial charge in [0.15, 0.2) is 0 Å². The van der Waals surface area contributed by atoms with Crippen molar-refractivity contribution in [3.63, 3.8) is 0 Å². The summed E-state index contributed by atoms with van der Waals surface area (Å²) < 4.78 is 0. The van der Waals surface area contributed by atoms with E-state index in [4.69, 9.17) is 23.2 Å². The van der Waals surface area contributed by atoms with Crippen LogP contribution in [0.2, 0.25) is 10.0 Å². The highest BCUT2D eigenvalue weighted by atomic mass is 35.5. The summed E-state index contributed by atoms with van der Waals surface area (Å²) in [6.45, 7) is 6.73. The highest BCUT2D eigenvalue weighted by Crippen LogP contribution is 2.33. The molecule has 6 heteroatoms. The Morgan fingerprint density at radius 2 is 1.55 bits per heavy atom. The maximum Gasteiger partial charge on any atom is 0.242 e. The molecule has 0 atom stereocenters. The van der Waals surface area contributed by atoms with E-state index in [9.17, 15) is 9.59 Å². The molecule has 0 radical (unpaired) electrons. The van der Waals surface area contributed by atoms with Gasteiger partial charge in [-0.1, -0.05) is 43.1 Å². The van der Waals surface area contributed by atoms with Gasteiger partial charge in [0, 0.05) is 20.0 Å². The first-order valence-electron chi connectivity index (χ1n) is 7.42. The number of para-hydroxylation sites is 1. The molecule has 0 saturated carbocycles. The minimum atomic E-state index is -0.267. The molecule has 0 saturated heterocycles. The van der Waals surface area contributed by atoms with Gasteiger partial charge in [-0.2, -0.15) is 0 Å². The smallest absolute Gasteiger partial charge is 0.242 e. The van der Waals surface area contributed by atoms with Gasteiger partial charge in [0.2, 0.25) is 11.8 Å². The number of halogens is 2. The summed E-state index contributed by atoms with van der Waals surface area (Å²) in [5.74, 6) is -0.369. The lowest BCUT2D eigenvalue weighted by Gasteiger charge is -2.27. The van der Waals surface area contributed by atoms with Gasteiger partial charge in [0.1, 0.15) is 6.54 Å². The molecule has 1 aromatic rings. The summed E-state index contributed by atoms with van der Waals surface area (Å²) in [5.41, 5.74) is 0.389. The Labute approximate surface area is 142 Å². The van der Waals surface area contributed by atoms with Crippen molar-refractivity contribution in [2.45, 2.75) is 33.6 Å². The Hall–Kier alpha value is -1.26. The van der Waals surface area contributed by atoms with Crippen molar-refractivity contribution in [3.05, 3.63) is 28.2 Å². The lowest BCUT2D eigenvalue weighted by Crippen LogP contribution is -2.43. The third kappa shape index (κ3) is 4.89. The van der Waals surface area contributed by atoms with Crippen LogP contribution in [0, 0.1) is 0 Å². The van der Waals surface area contributed by atoms with Crippen molar-refractivity contribution in [1.82, 2.24) is 4.90 Å². The summed E-state index contributed by atoms with van der Waals surface area (Å²) in [7, 11) is 0. The number of benzene rings is 1. The number of rotatable bonds is 7. The van der Waals surface area contributed by atoms with Crippen LogP contribution in [-0.4, -0.2) is 36.3 Å². The molecular weight excluding hydrogens is 323 g/mol. The fraction of sp³-hybridized carbons (Fsp3) is 0.500. The van der Waals surface area contributed by atoms with Gasteiger partial charge < -0.3 is 9.80 Å². The van der Waals surface area contributed by atoms with Crippen molar-refractivity contribution >= 4 is 40.7 Å². The molecule has 0 aromatic heterocycles. The molecule has 0 heterocycles. The second-order valence-electron chi connectivity index (χ2n) is 5.06. The summed E-state index contributed by atoms with van der Waals surface area (Å²) in [6, 6.07) is 5.01. The summed E-state index contributed by atoms with van der Waals surface area (Å²) in [6.07, 6.45) is 1.75. The maximum atomic E-state index is 12.5. The third-order valence-electron chi connectivity index (χ3n) is 3.22. The first-order chi connectivity index (χ1) is 10.4. The fourth-order valence-electron chi connectivity index (χ4n) is 2.23. The first kappa shape index (κ1) is 18.8. The van der Waals surface area contributed by atoms with E-state index < -0.39 is 0 Å². The molecule has 0 unspecified atom stereocenters. The predicted octanol–water partition coefficient (Wildman–Crippen LogP) is 3.99. The van der Waals surface area contributed by atoms with Crippen molar-refractivity contribution in [1.29, 1.82) is 0 Å². The van der Waals surface area contributed by atoms with Crippen molar-refractivity contribution in [2.75, 3.05) is 24.5 Å². The highest BCUT2D eigenvalue weighted by molar-refractivity contribution is 6.40. The Balaban J connectivity index is 3.02. The zero-order chi connectivity index (χ0) is 16.7. The molecule has 4 nitrogen and oxygen atoms in total. The largest absolute Gasteiger partial charge is 0.341 e. The van der Waals surface area contributed by atoms with Crippen molar-refractivity contribution in [3.8, 4) is 0 Å². The van der Waals surface area contributed by atoms with Crippen LogP contribution >= 0.6 is 23.2 Å². The molecule has 0 aliphatic rings. The van der Waals surface area contributed by atoms with Crippen LogP contribution in [0.15, 0.2) is 18.2 Å². The Morgan fingerprint density at radius 3 is 1.95 bits per heavy atom. The summed E-state index contributed by atoms with van der Waals surface area (Å²) in [4.78, 5) is 27.5. The van der Waals surface area contributed by atoms with E-state index in [1.165, 1.54) is 11.8 Å². The Morgan fingerprint density at radius 1 is 1.05 bits per heavy atom. The lowest BCUT2D eigenvalue weighted by atomic mass is 10.2. The van der Waals surface area contributed by atoms with Crippen LogP contribution in [0.3, 0.4) is 0 Å². The minimum Gasteiger partial charge on any atom is -0.341 e. The molecule has 1 aromatic carbocycles. The molecule has 0 aliphatic carbocycles. The molecule has 0 spiro atoms. The summed E-state index contributed by atoms with van der Waals surface area (Å²) in [5, 5.41) is 0.709. The van der Waals surface area contributed by atoms with Crippen LogP contribution in [0.4, 0.5) is 5.69 Å². The third-order valence-corrected chi connectivity index (χ3v) is 3.83. The van der Waals surface area contributed by atoms with E-state index in [1.54, 1.807) is 23.1 Å².